The molecule has 0 bridgehead atoms. The molecule has 1 atom stereocenters. The summed E-state index contributed by atoms with van der Waals surface area (Å²) in [4.78, 5) is 24.6. The molecule has 0 saturated carbocycles. The normalized spacial score (nSPS) is 11.7. The summed E-state index contributed by atoms with van der Waals surface area (Å²) in [5, 5.41) is 5.60. The van der Waals surface area contributed by atoms with E-state index in [0.29, 0.717) is 17.7 Å². The van der Waals surface area contributed by atoms with Crippen molar-refractivity contribution in [2.45, 2.75) is 26.7 Å². The summed E-state index contributed by atoms with van der Waals surface area (Å²) >= 11 is 3.46. The quantitative estimate of drug-likeness (QED) is 0.755. The Morgan fingerprint density at radius 3 is 2.52 bits per heavy atom. The van der Waals surface area contributed by atoms with Gasteiger partial charge >= 0.3 is 0 Å². The molecule has 132 valence electrons. The van der Waals surface area contributed by atoms with Gasteiger partial charge in [0.25, 0.3) is 5.91 Å². The van der Waals surface area contributed by atoms with E-state index in [2.05, 4.69) is 26.6 Å². The first-order chi connectivity index (χ1) is 12.0. The van der Waals surface area contributed by atoms with Gasteiger partial charge in [0.15, 0.2) is 0 Å². The fraction of sp³-hybridized carbons (Fsp3) is 0.300. The molecular weight excluding hydrogens is 380 g/mol. The van der Waals surface area contributed by atoms with E-state index in [1.54, 1.807) is 19.2 Å². The fourth-order valence-electron chi connectivity index (χ4n) is 2.76. The Balaban J connectivity index is 2.16. The van der Waals surface area contributed by atoms with Crippen LogP contribution < -0.4 is 10.6 Å². The Hall–Kier alpha value is -2.14. The maximum Gasteiger partial charge on any atom is 0.251 e. The van der Waals surface area contributed by atoms with E-state index in [-0.39, 0.29) is 17.7 Å². The van der Waals surface area contributed by atoms with Crippen LogP contribution in [0.3, 0.4) is 0 Å². The zero-order valence-electron chi connectivity index (χ0n) is 14.7. The lowest BCUT2D eigenvalue weighted by Crippen LogP contribution is -2.25. The smallest absolute Gasteiger partial charge is 0.251 e. The predicted octanol–water partition coefficient (Wildman–Crippen LogP) is 4.32. The Morgan fingerprint density at radius 1 is 1.16 bits per heavy atom. The second-order valence-corrected chi connectivity index (χ2v) is 6.90. The van der Waals surface area contributed by atoms with Crippen LogP contribution in [0.1, 0.15) is 34.8 Å². The summed E-state index contributed by atoms with van der Waals surface area (Å²) in [6, 6.07) is 13.4. The molecule has 2 amide bonds. The third-order valence-corrected chi connectivity index (χ3v) is 4.79. The van der Waals surface area contributed by atoms with Crippen molar-refractivity contribution in [1.29, 1.82) is 0 Å². The van der Waals surface area contributed by atoms with Crippen LogP contribution in [0.4, 0.5) is 5.69 Å². The predicted molar refractivity (Wildman–Crippen MR) is 105 cm³/mol. The molecule has 5 heteroatoms. The highest BCUT2D eigenvalue weighted by Gasteiger charge is 2.19. The van der Waals surface area contributed by atoms with Crippen LogP contribution in [-0.4, -0.2) is 18.9 Å². The summed E-state index contributed by atoms with van der Waals surface area (Å²) in [5.41, 5.74) is 3.14. The van der Waals surface area contributed by atoms with E-state index >= 15 is 0 Å². The van der Waals surface area contributed by atoms with Gasteiger partial charge in [0, 0.05) is 28.7 Å². The number of nitrogens with one attached hydrogen (secondary N) is 2. The van der Waals surface area contributed by atoms with E-state index in [1.807, 2.05) is 44.2 Å². The van der Waals surface area contributed by atoms with E-state index < -0.39 is 0 Å². The van der Waals surface area contributed by atoms with Crippen molar-refractivity contribution >= 4 is 33.4 Å². The molecule has 0 aromatic heterocycles. The minimum absolute atomic E-state index is 0.0281. The molecule has 2 N–H and O–H groups in total. The molecule has 1 unspecified atom stereocenters. The summed E-state index contributed by atoms with van der Waals surface area (Å²) in [6.45, 7) is 3.85. The molecule has 0 heterocycles. The molecule has 0 saturated heterocycles. The molecule has 2 rings (SSSR count). The van der Waals surface area contributed by atoms with Gasteiger partial charge in [-0.05, 0) is 55.2 Å². The molecule has 0 aliphatic rings. The van der Waals surface area contributed by atoms with Crippen LogP contribution in [0.2, 0.25) is 0 Å². The molecule has 0 spiro atoms. The van der Waals surface area contributed by atoms with Crippen molar-refractivity contribution in [2.24, 2.45) is 5.92 Å². The van der Waals surface area contributed by atoms with Crippen LogP contribution in [0.15, 0.2) is 46.9 Å². The van der Waals surface area contributed by atoms with Crippen molar-refractivity contribution in [3.8, 4) is 0 Å². The largest absolute Gasteiger partial charge is 0.355 e. The SMILES string of the molecule is CCC(Cc1cccc(Br)c1)C(=O)Nc1cccc(C(=O)NC)c1C. The standard InChI is InChI=1S/C20H23BrN2O2/c1-4-15(11-14-7-5-8-16(21)12-14)19(24)23-18-10-6-9-17(13(18)2)20(25)22-3/h5-10,12,15H,4,11H2,1-3H3,(H,22,25)(H,23,24). The minimum Gasteiger partial charge on any atom is -0.355 e. The minimum atomic E-state index is -0.158. The first kappa shape index (κ1) is 19.2. The number of halogens is 1. The molecule has 4 nitrogen and oxygen atoms in total. The lowest BCUT2D eigenvalue weighted by Gasteiger charge is -2.17. The van der Waals surface area contributed by atoms with E-state index in [1.165, 1.54) is 0 Å². The average Bonchev–Trinajstić information content (AvgIpc) is 2.60. The topological polar surface area (TPSA) is 58.2 Å². The third kappa shape index (κ3) is 4.92. The molecule has 2 aromatic rings. The summed E-state index contributed by atoms with van der Waals surface area (Å²) in [6.07, 6.45) is 1.42. The zero-order chi connectivity index (χ0) is 18.4. The fourth-order valence-corrected chi connectivity index (χ4v) is 3.20. The molecule has 0 fully saturated rings. The first-order valence-corrected chi connectivity index (χ1v) is 9.12. The molecule has 0 radical (unpaired) electrons. The molecule has 2 aromatic carbocycles. The molecule has 0 aliphatic carbocycles. The molecular formula is C20H23BrN2O2. The Bertz CT molecular complexity index is 774. The van der Waals surface area contributed by atoms with Crippen molar-refractivity contribution in [1.82, 2.24) is 5.32 Å². The number of hydrogen-bond donors (Lipinski definition) is 2. The van der Waals surface area contributed by atoms with Gasteiger partial charge in [-0.1, -0.05) is 41.1 Å². The second-order valence-electron chi connectivity index (χ2n) is 5.99. The first-order valence-electron chi connectivity index (χ1n) is 8.33. The number of hydrogen-bond acceptors (Lipinski definition) is 2. The van der Waals surface area contributed by atoms with E-state index in [9.17, 15) is 9.59 Å². The lowest BCUT2D eigenvalue weighted by atomic mass is 9.95. The van der Waals surface area contributed by atoms with Gasteiger partial charge in [-0.25, -0.2) is 0 Å². The zero-order valence-corrected chi connectivity index (χ0v) is 16.3. The Labute approximate surface area is 157 Å². The number of carbonyl (C=O) groups excluding carboxylic acids is 2. The van der Waals surface area contributed by atoms with Gasteiger partial charge in [0.2, 0.25) is 5.91 Å². The maximum absolute atomic E-state index is 12.7. The van der Waals surface area contributed by atoms with Crippen molar-refractivity contribution < 1.29 is 9.59 Å². The van der Waals surface area contributed by atoms with Crippen LogP contribution >= 0.6 is 15.9 Å². The highest BCUT2D eigenvalue weighted by Crippen LogP contribution is 2.22. The van der Waals surface area contributed by atoms with Gasteiger partial charge < -0.3 is 10.6 Å². The second kappa shape index (κ2) is 8.81. The highest BCUT2D eigenvalue weighted by molar-refractivity contribution is 9.10. The summed E-state index contributed by atoms with van der Waals surface area (Å²) in [5.74, 6) is -0.313. The van der Waals surface area contributed by atoms with Gasteiger partial charge in [-0.2, -0.15) is 0 Å². The van der Waals surface area contributed by atoms with E-state index in [4.69, 9.17) is 0 Å². The lowest BCUT2D eigenvalue weighted by molar-refractivity contribution is -0.119. The number of amides is 2. The number of anilines is 1. The molecule has 0 aliphatic heterocycles. The summed E-state index contributed by atoms with van der Waals surface area (Å²) in [7, 11) is 1.60. The average molecular weight is 403 g/mol. The molecule has 25 heavy (non-hydrogen) atoms. The van der Waals surface area contributed by atoms with Gasteiger partial charge in [0.05, 0.1) is 0 Å². The van der Waals surface area contributed by atoms with Crippen LogP contribution in [0, 0.1) is 12.8 Å². The summed E-state index contributed by atoms with van der Waals surface area (Å²) < 4.78 is 1.01. The van der Waals surface area contributed by atoms with E-state index in [0.717, 1.165) is 22.0 Å². The van der Waals surface area contributed by atoms with Gasteiger partial charge in [-0.15, -0.1) is 0 Å². The van der Waals surface area contributed by atoms with Crippen molar-refractivity contribution in [3.05, 3.63) is 63.6 Å². The van der Waals surface area contributed by atoms with Crippen molar-refractivity contribution in [3.63, 3.8) is 0 Å². The maximum atomic E-state index is 12.7. The Morgan fingerprint density at radius 2 is 1.88 bits per heavy atom. The van der Waals surface area contributed by atoms with Crippen LogP contribution in [0.5, 0.6) is 0 Å². The van der Waals surface area contributed by atoms with Gasteiger partial charge in [-0.3, -0.25) is 9.59 Å². The monoisotopic (exact) mass is 402 g/mol. The number of benzene rings is 2. The van der Waals surface area contributed by atoms with Crippen LogP contribution in [-0.2, 0) is 11.2 Å². The number of carbonyl (C=O) groups is 2. The van der Waals surface area contributed by atoms with Crippen LogP contribution in [0.25, 0.3) is 0 Å². The third-order valence-electron chi connectivity index (χ3n) is 4.30. The highest BCUT2D eigenvalue weighted by atomic mass is 79.9. The number of rotatable bonds is 6. The van der Waals surface area contributed by atoms with Crippen molar-refractivity contribution in [2.75, 3.05) is 12.4 Å². The Kier molecular flexibility index (Phi) is 6.76. The van der Waals surface area contributed by atoms with Gasteiger partial charge in [0.1, 0.15) is 0 Å².